The van der Waals surface area contributed by atoms with Gasteiger partial charge < -0.3 is 53.4 Å². The maximum absolute atomic E-state index is 14.0. The van der Waals surface area contributed by atoms with Gasteiger partial charge in [0.2, 0.25) is 47.3 Å². The lowest BCUT2D eigenvalue weighted by molar-refractivity contribution is -0.137. The van der Waals surface area contributed by atoms with Gasteiger partial charge in [0, 0.05) is 49.1 Å². The van der Waals surface area contributed by atoms with Gasteiger partial charge in [-0.15, -0.1) is 0 Å². The van der Waals surface area contributed by atoms with Gasteiger partial charge in [0.05, 0.1) is 25.2 Å². The molecule has 0 bridgehead atoms. The maximum atomic E-state index is 14.0. The van der Waals surface area contributed by atoms with Gasteiger partial charge in [-0.2, -0.15) is 11.8 Å². The number of phenolic OH excluding ortho intramolecular Hbond substituents is 1. The lowest BCUT2D eigenvalue weighted by Gasteiger charge is -2.25. The first-order valence-corrected chi connectivity index (χ1v) is 24.0. The zero-order chi connectivity index (χ0) is 49.6. The van der Waals surface area contributed by atoms with Crippen molar-refractivity contribution in [1.82, 2.24) is 48.0 Å². The van der Waals surface area contributed by atoms with E-state index in [9.17, 15) is 48.3 Å². The van der Waals surface area contributed by atoms with Crippen molar-refractivity contribution in [3.05, 3.63) is 65.7 Å². The van der Waals surface area contributed by atoms with Gasteiger partial charge in [0.1, 0.15) is 23.9 Å². The Hall–Kier alpha value is -6.42. The molecule has 4 rings (SSSR count). The summed E-state index contributed by atoms with van der Waals surface area (Å²) in [6, 6.07) is 11.3. The average molecular weight is 967 g/mol. The molecule has 0 saturated carbocycles. The number of unbranched alkanes of at least 4 members (excludes halogenated alkanes) is 2. The number of hydroxylamine groups is 1. The first kappa shape index (κ1) is 54.2. The number of primary amides is 1. The van der Waals surface area contributed by atoms with Gasteiger partial charge in [-0.25, -0.2) is 10.3 Å². The summed E-state index contributed by atoms with van der Waals surface area (Å²) in [5, 5.41) is 40.8. The second kappa shape index (κ2) is 28.0. The molecule has 2 heterocycles. The van der Waals surface area contributed by atoms with E-state index in [4.69, 9.17) is 10.9 Å². The van der Waals surface area contributed by atoms with Gasteiger partial charge in [0.15, 0.2) is 0 Å². The fourth-order valence-electron chi connectivity index (χ4n) is 7.95. The number of amides is 10. The molecule has 0 aromatic heterocycles. The highest BCUT2D eigenvalue weighted by molar-refractivity contribution is 8.00. The first-order valence-electron chi connectivity index (χ1n) is 22.9. The molecule has 13 N–H and O–H groups in total. The predicted molar refractivity (Wildman–Crippen MR) is 251 cm³/mol. The Labute approximate surface area is 399 Å². The van der Waals surface area contributed by atoms with Crippen LogP contribution in [0.3, 0.4) is 0 Å². The lowest BCUT2D eigenvalue weighted by atomic mass is 9.92. The first-order chi connectivity index (χ1) is 32.5. The molecule has 7 atom stereocenters. The van der Waals surface area contributed by atoms with Crippen LogP contribution in [0, 0.1) is 11.8 Å². The predicted octanol–water partition coefficient (Wildman–Crippen LogP) is -0.0804. The van der Waals surface area contributed by atoms with Crippen LogP contribution in [-0.2, 0) is 51.2 Å². The van der Waals surface area contributed by atoms with E-state index >= 15 is 0 Å². The number of urea groups is 1. The van der Waals surface area contributed by atoms with Crippen molar-refractivity contribution in [2.24, 2.45) is 17.6 Å². The van der Waals surface area contributed by atoms with E-state index in [1.54, 1.807) is 42.5 Å². The Balaban J connectivity index is 1.23. The SMILES string of the molecule is CC(C)CC(CC(=O)NO)C(=O)N[C@@H](Cc1ccc(O)cc1)C(=O)N[C@@H](Cc1ccccc1)C(=O)NCC(=O)NCC(=O)N[C@@H](CCCCNC(=O)CCCC[C@@H]1SC[C@@H]2NC(=O)N[C@@H]21)C(N)=O. The van der Waals surface area contributed by atoms with Gasteiger partial charge in [-0.05, 0) is 67.7 Å². The number of hydrogen-bond acceptors (Lipinski definition) is 12. The molecule has 2 saturated heterocycles. The van der Waals surface area contributed by atoms with Crippen molar-refractivity contribution < 1.29 is 53.5 Å². The van der Waals surface area contributed by atoms with Crippen LogP contribution in [0.25, 0.3) is 0 Å². The van der Waals surface area contributed by atoms with Crippen molar-refractivity contribution in [3.63, 3.8) is 0 Å². The molecule has 372 valence electrons. The highest BCUT2D eigenvalue weighted by Crippen LogP contribution is 2.33. The lowest BCUT2D eigenvalue weighted by Crippen LogP contribution is -2.56. The minimum Gasteiger partial charge on any atom is -0.508 e. The molecular weight excluding hydrogens is 901 g/mol. The number of carbonyl (C=O) groups is 9. The summed E-state index contributed by atoms with van der Waals surface area (Å²) in [6.07, 6.45) is 3.87. The Morgan fingerprint density at radius 3 is 2.06 bits per heavy atom. The molecule has 2 aliphatic rings. The largest absolute Gasteiger partial charge is 0.508 e. The Morgan fingerprint density at radius 2 is 1.38 bits per heavy atom. The third-order valence-electron chi connectivity index (χ3n) is 11.5. The van der Waals surface area contributed by atoms with E-state index in [1.165, 1.54) is 17.6 Å². The zero-order valence-corrected chi connectivity index (χ0v) is 39.3. The van der Waals surface area contributed by atoms with Gasteiger partial charge in [-0.1, -0.05) is 62.7 Å². The second-order valence-corrected chi connectivity index (χ2v) is 18.8. The summed E-state index contributed by atoms with van der Waals surface area (Å²) in [7, 11) is 0. The number of aromatic hydroxyl groups is 1. The van der Waals surface area contributed by atoms with Crippen molar-refractivity contribution in [1.29, 1.82) is 0 Å². The minimum atomic E-state index is -1.27. The smallest absolute Gasteiger partial charge is 0.315 e. The van der Waals surface area contributed by atoms with E-state index in [-0.39, 0.29) is 67.8 Å². The number of fused-ring (bicyclic) bond motifs is 1. The summed E-state index contributed by atoms with van der Waals surface area (Å²) in [6.45, 7) is 2.94. The summed E-state index contributed by atoms with van der Waals surface area (Å²) in [5.74, 6) is -5.33. The number of thioether (sulfide) groups is 1. The third-order valence-corrected chi connectivity index (χ3v) is 13.0. The molecule has 0 spiro atoms. The average Bonchev–Trinajstić information content (AvgIpc) is 3.87. The van der Waals surface area contributed by atoms with E-state index in [0.29, 0.717) is 42.2 Å². The molecule has 21 nitrogen and oxygen atoms in total. The van der Waals surface area contributed by atoms with Crippen LogP contribution in [-0.4, -0.2) is 124 Å². The Morgan fingerprint density at radius 1 is 0.721 bits per heavy atom. The van der Waals surface area contributed by atoms with Crippen LogP contribution in [0.5, 0.6) is 5.75 Å². The summed E-state index contributed by atoms with van der Waals surface area (Å²) < 4.78 is 0. The molecule has 10 amide bonds. The van der Waals surface area contributed by atoms with Crippen LogP contribution in [0.4, 0.5) is 4.79 Å². The number of benzene rings is 2. The number of carbonyl (C=O) groups excluding carboxylic acids is 9. The molecule has 68 heavy (non-hydrogen) atoms. The second-order valence-electron chi connectivity index (χ2n) is 17.5. The third kappa shape index (κ3) is 19.1. The molecule has 2 aliphatic heterocycles. The van der Waals surface area contributed by atoms with Gasteiger partial charge >= 0.3 is 6.03 Å². The number of phenols is 1. The van der Waals surface area contributed by atoms with Gasteiger partial charge in [0.25, 0.3) is 0 Å². The van der Waals surface area contributed by atoms with E-state index in [0.717, 1.165) is 25.0 Å². The zero-order valence-electron chi connectivity index (χ0n) is 38.5. The fourth-order valence-corrected chi connectivity index (χ4v) is 9.49. The minimum absolute atomic E-state index is 0.0156. The van der Waals surface area contributed by atoms with E-state index in [1.807, 2.05) is 25.6 Å². The normalized spacial score (nSPS) is 17.8. The topological polar surface area (TPSA) is 328 Å². The van der Waals surface area contributed by atoms with Crippen LogP contribution < -0.4 is 53.7 Å². The molecular formula is C46H66N10O11S. The van der Waals surface area contributed by atoms with Crippen LogP contribution in [0.15, 0.2) is 54.6 Å². The van der Waals surface area contributed by atoms with Crippen LogP contribution in [0.2, 0.25) is 0 Å². The van der Waals surface area contributed by atoms with E-state index in [2.05, 4.69) is 42.5 Å². The molecule has 22 heteroatoms. The summed E-state index contributed by atoms with van der Waals surface area (Å²) >= 11 is 1.83. The number of rotatable bonds is 29. The standard InChI is InChI=1S/C46H66N10O11S/c1-27(2)20-30(23-38(59)56-67)43(63)52-34(22-29-15-17-31(57)18-16-29)45(65)53-33(21-28-10-4-3-5-11-28)44(64)50-24-39(60)49-25-40(61)51-32(42(47)62)12-8-9-19-48-37(58)14-7-6-13-36-41-35(26-68-36)54-46(66)55-41/h3-5,10-11,15-18,27,30,32-36,41,57,67H,6-9,12-14,19-26H2,1-2H3,(H2,47,62)(H,48,58)(H,49,60)(H,50,64)(H,51,61)(H,52,63)(H,53,65)(H,56,59)(H2,54,55,66)/t30?,32-,33-,34-,35-,36-,41-/m0/s1. The van der Waals surface area contributed by atoms with Crippen LogP contribution in [0.1, 0.15) is 82.8 Å². The molecule has 0 aliphatic carbocycles. The Bertz CT molecular complexity index is 2040. The quantitative estimate of drug-likeness (QED) is 0.0221. The highest BCUT2D eigenvalue weighted by Gasteiger charge is 2.42. The van der Waals surface area contributed by atoms with Crippen LogP contribution >= 0.6 is 11.8 Å². The number of nitrogens with one attached hydrogen (secondary N) is 9. The highest BCUT2D eigenvalue weighted by atomic mass is 32.2. The van der Waals surface area contributed by atoms with Crippen molar-refractivity contribution in [3.8, 4) is 5.75 Å². The summed E-state index contributed by atoms with van der Waals surface area (Å²) in [5.41, 5.74) is 8.27. The van der Waals surface area contributed by atoms with Crippen molar-refractivity contribution in [2.75, 3.05) is 25.4 Å². The number of nitrogens with two attached hydrogens (primary N) is 1. The monoisotopic (exact) mass is 966 g/mol. The Kier molecular flexibility index (Phi) is 22.3. The molecule has 2 fully saturated rings. The number of hydrogen-bond donors (Lipinski definition) is 12. The van der Waals surface area contributed by atoms with E-state index < -0.39 is 78.5 Å². The van der Waals surface area contributed by atoms with Crippen molar-refractivity contribution in [2.45, 2.75) is 120 Å². The molecule has 1 unspecified atom stereocenters. The summed E-state index contributed by atoms with van der Waals surface area (Å²) in [4.78, 5) is 115. The van der Waals surface area contributed by atoms with Gasteiger partial charge in [-0.3, -0.25) is 43.6 Å². The van der Waals surface area contributed by atoms with Crippen molar-refractivity contribution >= 4 is 65.1 Å². The molecule has 0 radical (unpaired) electrons. The molecule has 2 aromatic rings. The molecule has 2 aromatic carbocycles. The fraction of sp³-hybridized carbons (Fsp3) is 0.543. The maximum Gasteiger partial charge on any atom is 0.315 e.